The lowest BCUT2D eigenvalue weighted by Gasteiger charge is -2.25. The van der Waals surface area contributed by atoms with Crippen molar-refractivity contribution in [2.45, 2.75) is 31.3 Å². The largest absolute Gasteiger partial charge is 0.419 e. The summed E-state index contributed by atoms with van der Waals surface area (Å²) in [7, 11) is 0. The van der Waals surface area contributed by atoms with E-state index in [2.05, 4.69) is 30.9 Å². The van der Waals surface area contributed by atoms with Gasteiger partial charge in [0.15, 0.2) is 0 Å². The van der Waals surface area contributed by atoms with Crippen molar-refractivity contribution >= 4 is 17.0 Å². The molecule has 11 heteroatoms. The van der Waals surface area contributed by atoms with Crippen LogP contribution in [0.5, 0.6) is 0 Å². The number of morpholine rings is 1. The van der Waals surface area contributed by atoms with Crippen molar-refractivity contribution in [1.29, 1.82) is 0 Å². The molecule has 5 rings (SSSR count). The zero-order valence-electron chi connectivity index (χ0n) is 17.3. The third-order valence-electron chi connectivity index (χ3n) is 5.79. The summed E-state index contributed by atoms with van der Waals surface area (Å²) in [4.78, 5) is 12.7. The number of anilines is 1. The standard InChI is InChI=1S/C21H24F3N7O/c22-21(23,24)16-10-28-20(29-13-3-1-5-25-9-13)30-18(16)15-12-31(17-11-26-7-8-32-17)19-14(15)4-2-6-27-19/h2,4,6,10,12-13,17,25-26H,1,3,5,7-9,11H2,(H,28,29,30). The van der Waals surface area contributed by atoms with E-state index in [4.69, 9.17) is 4.74 Å². The fourth-order valence-corrected chi connectivity index (χ4v) is 4.24. The normalized spacial score (nSPS) is 22.2. The van der Waals surface area contributed by atoms with E-state index in [1.54, 1.807) is 29.1 Å². The lowest BCUT2D eigenvalue weighted by Crippen LogP contribution is -2.38. The average Bonchev–Trinajstić information content (AvgIpc) is 3.19. The van der Waals surface area contributed by atoms with Gasteiger partial charge < -0.3 is 25.3 Å². The second-order valence-electron chi connectivity index (χ2n) is 8.00. The third-order valence-corrected chi connectivity index (χ3v) is 5.79. The maximum absolute atomic E-state index is 13.9. The number of pyridine rings is 1. The average molecular weight is 447 g/mol. The predicted molar refractivity (Wildman–Crippen MR) is 113 cm³/mol. The Morgan fingerprint density at radius 2 is 2.03 bits per heavy atom. The Hall–Kier alpha value is -2.76. The van der Waals surface area contributed by atoms with E-state index in [-0.39, 0.29) is 23.9 Å². The zero-order chi connectivity index (χ0) is 22.1. The van der Waals surface area contributed by atoms with E-state index in [1.807, 2.05) is 0 Å². The maximum Gasteiger partial charge on any atom is 0.419 e. The quantitative estimate of drug-likeness (QED) is 0.567. The van der Waals surface area contributed by atoms with Gasteiger partial charge in [-0.2, -0.15) is 13.2 Å². The van der Waals surface area contributed by atoms with Gasteiger partial charge >= 0.3 is 6.18 Å². The highest BCUT2D eigenvalue weighted by Gasteiger charge is 2.37. The van der Waals surface area contributed by atoms with Gasteiger partial charge in [0.2, 0.25) is 5.95 Å². The second-order valence-corrected chi connectivity index (χ2v) is 8.00. The third kappa shape index (κ3) is 4.15. The maximum atomic E-state index is 13.9. The van der Waals surface area contributed by atoms with Crippen molar-refractivity contribution in [3.8, 4) is 11.3 Å². The molecule has 0 aliphatic carbocycles. The number of ether oxygens (including phenoxy) is 1. The van der Waals surface area contributed by atoms with Crippen molar-refractivity contribution in [2.75, 3.05) is 38.1 Å². The Labute approximate surface area is 182 Å². The van der Waals surface area contributed by atoms with Crippen LogP contribution in [0.3, 0.4) is 0 Å². The summed E-state index contributed by atoms with van der Waals surface area (Å²) in [5.74, 6) is 0.182. The van der Waals surface area contributed by atoms with E-state index in [1.165, 1.54) is 0 Å². The molecule has 0 spiro atoms. The van der Waals surface area contributed by atoms with Crippen LogP contribution in [0.4, 0.5) is 19.1 Å². The van der Waals surface area contributed by atoms with Crippen LogP contribution in [0.1, 0.15) is 24.6 Å². The van der Waals surface area contributed by atoms with Crippen molar-refractivity contribution in [1.82, 2.24) is 30.2 Å². The number of rotatable bonds is 4. The SMILES string of the molecule is FC(F)(F)c1cnc(NC2CCCNC2)nc1-c1cn(C2CNCCO2)c2ncccc12. The highest BCUT2D eigenvalue weighted by molar-refractivity contribution is 5.94. The molecule has 2 aliphatic heterocycles. The molecule has 32 heavy (non-hydrogen) atoms. The molecule has 0 aromatic carbocycles. The van der Waals surface area contributed by atoms with Gasteiger partial charge in [-0.15, -0.1) is 0 Å². The number of aromatic nitrogens is 4. The van der Waals surface area contributed by atoms with E-state index < -0.39 is 11.7 Å². The molecule has 3 aromatic rings. The van der Waals surface area contributed by atoms with Gasteiger partial charge in [0.1, 0.15) is 17.4 Å². The number of piperidine rings is 1. The predicted octanol–water partition coefficient (Wildman–Crippen LogP) is 2.79. The van der Waals surface area contributed by atoms with E-state index in [0.29, 0.717) is 29.7 Å². The van der Waals surface area contributed by atoms with Crippen LogP contribution in [0.15, 0.2) is 30.7 Å². The van der Waals surface area contributed by atoms with Gasteiger partial charge in [-0.1, -0.05) is 0 Å². The van der Waals surface area contributed by atoms with Crippen molar-refractivity contribution in [3.05, 3.63) is 36.3 Å². The van der Waals surface area contributed by atoms with E-state index in [9.17, 15) is 13.2 Å². The Kier molecular flexibility index (Phi) is 5.70. The molecular weight excluding hydrogens is 423 g/mol. The van der Waals surface area contributed by atoms with E-state index in [0.717, 1.165) is 38.7 Å². The van der Waals surface area contributed by atoms with Gasteiger partial charge in [0.05, 0.1) is 12.3 Å². The lowest BCUT2D eigenvalue weighted by molar-refractivity contribution is -0.137. The van der Waals surface area contributed by atoms with Crippen molar-refractivity contribution in [3.63, 3.8) is 0 Å². The van der Waals surface area contributed by atoms with Crippen LogP contribution >= 0.6 is 0 Å². The van der Waals surface area contributed by atoms with Crippen LogP contribution in [0.25, 0.3) is 22.3 Å². The van der Waals surface area contributed by atoms with Crippen LogP contribution < -0.4 is 16.0 Å². The fourth-order valence-electron chi connectivity index (χ4n) is 4.24. The monoisotopic (exact) mass is 447 g/mol. The summed E-state index contributed by atoms with van der Waals surface area (Å²) >= 11 is 0. The van der Waals surface area contributed by atoms with Gasteiger partial charge in [-0.25, -0.2) is 15.0 Å². The van der Waals surface area contributed by atoms with Gasteiger partial charge in [0, 0.05) is 55.2 Å². The molecule has 3 N–H and O–H groups in total. The molecule has 2 fully saturated rings. The molecule has 3 aromatic heterocycles. The topological polar surface area (TPSA) is 88.9 Å². The van der Waals surface area contributed by atoms with Crippen molar-refractivity contribution < 1.29 is 17.9 Å². The minimum Gasteiger partial charge on any atom is -0.355 e. The molecule has 2 unspecified atom stereocenters. The number of alkyl halides is 3. The molecule has 5 heterocycles. The first-order chi connectivity index (χ1) is 15.5. The molecule has 170 valence electrons. The van der Waals surface area contributed by atoms with Crippen LogP contribution in [-0.4, -0.2) is 58.3 Å². The molecule has 0 bridgehead atoms. The minimum absolute atomic E-state index is 0.0676. The number of fused-ring (bicyclic) bond motifs is 1. The summed E-state index contributed by atoms with van der Waals surface area (Å²) in [5.41, 5.74) is -0.148. The molecule has 8 nitrogen and oxygen atoms in total. The van der Waals surface area contributed by atoms with Crippen LogP contribution in [-0.2, 0) is 10.9 Å². The first-order valence-corrected chi connectivity index (χ1v) is 10.7. The number of hydrogen-bond acceptors (Lipinski definition) is 7. The van der Waals surface area contributed by atoms with E-state index >= 15 is 0 Å². The Balaban J connectivity index is 1.61. The summed E-state index contributed by atoms with van der Waals surface area (Å²) < 4.78 is 49.4. The summed E-state index contributed by atoms with van der Waals surface area (Å²) in [5, 5.41) is 10.3. The molecular formula is C21H24F3N7O. The summed E-state index contributed by atoms with van der Waals surface area (Å²) in [6, 6.07) is 3.53. The molecule has 0 radical (unpaired) electrons. The first kappa shape index (κ1) is 21.1. The highest BCUT2D eigenvalue weighted by atomic mass is 19.4. The Morgan fingerprint density at radius 1 is 1.16 bits per heavy atom. The van der Waals surface area contributed by atoms with Gasteiger partial charge in [0.25, 0.3) is 0 Å². The van der Waals surface area contributed by atoms with Crippen molar-refractivity contribution in [2.24, 2.45) is 0 Å². The summed E-state index contributed by atoms with van der Waals surface area (Å²) in [6.07, 6.45) is 1.06. The summed E-state index contributed by atoms with van der Waals surface area (Å²) in [6.45, 7) is 3.43. The second kappa shape index (κ2) is 8.64. The van der Waals surface area contributed by atoms with Crippen LogP contribution in [0, 0.1) is 0 Å². The first-order valence-electron chi connectivity index (χ1n) is 10.7. The highest BCUT2D eigenvalue weighted by Crippen LogP contribution is 2.39. The Bertz CT molecular complexity index is 1090. The molecule has 2 atom stereocenters. The van der Waals surface area contributed by atoms with Gasteiger partial charge in [-0.05, 0) is 31.5 Å². The lowest BCUT2D eigenvalue weighted by atomic mass is 10.1. The number of nitrogens with one attached hydrogen (secondary N) is 3. The minimum atomic E-state index is -4.60. The zero-order valence-corrected chi connectivity index (χ0v) is 17.3. The number of hydrogen-bond donors (Lipinski definition) is 3. The van der Waals surface area contributed by atoms with Gasteiger partial charge in [-0.3, -0.25) is 0 Å². The number of nitrogens with zero attached hydrogens (tertiary/aromatic N) is 4. The smallest absolute Gasteiger partial charge is 0.355 e. The molecule has 0 saturated carbocycles. The van der Waals surface area contributed by atoms with Crippen LogP contribution in [0.2, 0.25) is 0 Å². The molecule has 0 amide bonds. The fraction of sp³-hybridized carbons (Fsp3) is 0.476. The molecule has 2 aliphatic rings. The number of halogens is 3. The Morgan fingerprint density at radius 3 is 2.78 bits per heavy atom. The molecule has 2 saturated heterocycles.